The highest BCUT2D eigenvalue weighted by Crippen LogP contribution is 2.14. The van der Waals surface area contributed by atoms with Gasteiger partial charge >= 0.3 is 0 Å². The van der Waals surface area contributed by atoms with Gasteiger partial charge in [0.2, 0.25) is 0 Å². The summed E-state index contributed by atoms with van der Waals surface area (Å²) >= 11 is 0. The lowest BCUT2D eigenvalue weighted by molar-refractivity contribution is -1.06. The fourth-order valence-corrected chi connectivity index (χ4v) is 3.73. The van der Waals surface area contributed by atoms with Gasteiger partial charge in [-0.15, -0.1) is 0 Å². The minimum absolute atomic E-state index is 0.149. The van der Waals surface area contributed by atoms with Crippen molar-refractivity contribution < 1.29 is 21.9 Å². The predicted octanol–water partition coefficient (Wildman–Crippen LogP) is 5.33. The summed E-state index contributed by atoms with van der Waals surface area (Å²) in [5.74, 6) is 0. The monoisotopic (exact) mass is 379 g/mol. The maximum atomic E-state index is 10.8. The van der Waals surface area contributed by atoms with Crippen molar-refractivity contribution in [3.8, 4) is 0 Å². The van der Waals surface area contributed by atoms with Crippen molar-refractivity contribution in [2.45, 2.75) is 104 Å². The van der Waals surface area contributed by atoms with Crippen LogP contribution in [0.5, 0.6) is 0 Å². The smallest absolute Gasteiger partial charge is 0.268 e. The molecule has 0 aliphatic rings. The van der Waals surface area contributed by atoms with Gasteiger partial charge in [-0.25, -0.2) is 8.42 Å². The number of nitrogens with zero attached hydrogens (tertiary/aromatic N) is 1. The number of quaternary nitrogens is 1. The number of hydrogen-bond acceptors (Lipinski definition) is 4. The molecule has 0 saturated heterocycles. The highest BCUT2D eigenvalue weighted by atomic mass is 32.3. The van der Waals surface area contributed by atoms with Gasteiger partial charge in [0.1, 0.15) is 13.1 Å². The molecule has 0 N–H and O–H groups in total. The number of unbranched alkanes of at least 4 members (excludes halogenated alkanes) is 13. The van der Waals surface area contributed by atoms with Gasteiger partial charge in [0.05, 0.1) is 7.05 Å². The van der Waals surface area contributed by atoms with Gasteiger partial charge in [0.15, 0.2) is 0 Å². The van der Waals surface area contributed by atoms with Crippen molar-refractivity contribution in [1.29, 1.82) is 0 Å². The second-order valence-corrected chi connectivity index (χ2v) is 8.38. The van der Waals surface area contributed by atoms with E-state index >= 15 is 0 Å². The normalized spacial score (nSPS) is 14.6. The Hall–Kier alpha value is -0.170. The van der Waals surface area contributed by atoms with Crippen molar-refractivity contribution in [3.63, 3.8) is 0 Å². The molecule has 152 valence electrons. The van der Waals surface area contributed by atoms with Crippen LogP contribution in [0.15, 0.2) is 0 Å². The summed E-state index contributed by atoms with van der Waals surface area (Å²) in [6, 6.07) is 0. The lowest BCUT2D eigenvalue weighted by Crippen LogP contribution is -2.46. The van der Waals surface area contributed by atoms with Crippen molar-refractivity contribution >= 4 is 10.4 Å². The van der Waals surface area contributed by atoms with Gasteiger partial charge in [-0.1, -0.05) is 88.3 Å². The van der Waals surface area contributed by atoms with Gasteiger partial charge in [-0.05, 0) is 19.8 Å². The molecule has 0 heterocycles. The van der Waals surface area contributed by atoms with Crippen molar-refractivity contribution in [1.82, 2.24) is 0 Å². The molecule has 25 heavy (non-hydrogen) atoms. The van der Waals surface area contributed by atoms with Crippen LogP contribution in [0.4, 0.5) is 0 Å². The minimum atomic E-state index is -4.64. The van der Waals surface area contributed by atoms with Crippen LogP contribution in [0, 0.1) is 0 Å². The number of hydrogen-bond donors (Lipinski definition) is 0. The molecule has 0 bridgehead atoms. The molecular formula is C19H41NO4S. The zero-order valence-corrected chi connectivity index (χ0v) is 17.6. The molecule has 0 aromatic heterocycles. The van der Waals surface area contributed by atoms with Crippen LogP contribution in [0.25, 0.3) is 0 Å². The maximum Gasteiger partial charge on any atom is 0.268 e. The number of hydroxylamine groups is 3. The fourth-order valence-electron chi connectivity index (χ4n) is 3.11. The van der Waals surface area contributed by atoms with Crippen LogP contribution in [-0.2, 0) is 14.7 Å². The molecule has 0 aromatic carbocycles. The van der Waals surface area contributed by atoms with E-state index in [2.05, 4.69) is 11.2 Å². The quantitative estimate of drug-likeness (QED) is 0.106. The zero-order chi connectivity index (χ0) is 19.0. The van der Waals surface area contributed by atoms with Gasteiger partial charge < -0.3 is 4.55 Å². The van der Waals surface area contributed by atoms with Crippen LogP contribution in [0.1, 0.15) is 104 Å². The molecule has 0 radical (unpaired) electrons. The Kier molecular flexibility index (Phi) is 14.8. The standard InChI is InChI=1S/C19H41NO4S/c1-4-6-7-8-9-10-11-12-13-14-15-16-17-18-19-20(3,5-2)24-25(21,22)23/h4-19H2,1-3H3. The highest BCUT2D eigenvalue weighted by molar-refractivity contribution is 7.80. The van der Waals surface area contributed by atoms with Gasteiger partial charge in [-0.2, -0.15) is 4.65 Å². The SMILES string of the molecule is CCCCCCCCCCCCCCCC[N+](C)(CC)OS(=O)(=O)[O-]. The van der Waals surface area contributed by atoms with E-state index < -0.39 is 10.4 Å². The predicted molar refractivity (Wildman–Crippen MR) is 103 cm³/mol. The van der Waals surface area contributed by atoms with Crippen molar-refractivity contribution in [2.75, 3.05) is 20.1 Å². The second-order valence-electron chi connectivity index (χ2n) is 7.42. The molecule has 0 aromatic rings. The largest absolute Gasteiger partial charge is 0.722 e. The summed E-state index contributed by atoms with van der Waals surface area (Å²) in [5.41, 5.74) is 0. The average molecular weight is 380 g/mol. The van der Waals surface area contributed by atoms with E-state index in [0.29, 0.717) is 13.1 Å². The van der Waals surface area contributed by atoms with E-state index in [-0.39, 0.29) is 4.65 Å². The van der Waals surface area contributed by atoms with Crippen LogP contribution >= 0.6 is 0 Å². The molecule has 0 spiro atoms. The third kappa shape index (κ3) is 17.0. The third-order valence-electron chi connectivity index (χ3n) is 4.92. The van der Waals surface area contributed by atoms with Crippen LogP contribution in [0.3, 0.4) is 0 Å². The molecule has 0 amide bonds. The first-order chi connectivity index (χ1) is 11.8. The average Bonchev–Trinajstić information content (AvgIpc) is 2.53. The van der Waals surface area contributed by atoms with E-state index in [1.54, 1.807) is 7.05 Å². The Bertz CT molecular complexity index is 400. The Morgan fingerprint density at radius 2 is 1.08 bits per heavy atom. The molecule has 5 nitrogen and oxygen atoms in total. The van der Waals surface area contributed by atoms with Crippen LogP contribution < -0.4 is 0 Å². The van der Waals surface area contributed by atoms with Gasteiger partial charge in [-0.3, -0.25) is 0 Å². The molecule has 0 aliphatic carbocycles. The molecule has 0 fully saturated rings. The molecule has 1 atom stereocenters. The molecule has 0 rings (SSSR count). The Balaban J connectivity index is 3.43. The Morgan fingerprint density at radius 1 is 0.720 bits per heavy atom. The summed E-state index contributed by atoms with van der Waals surface area (Å²) < 4.78 is 36.8. The highest BCUT2D eigenvalue weighted by Gasteiger charge is 2.24. The van der Waals surface area contributed by atoms with Crippen LogP contribution in [-0.4, -0.2) is 37.8 Å². The van der Waals surface area contributed by atoms with Gasteiger partial charge in [0.25, 0.3) is 10.4 Å². The lowest BCUT2D eigenvalue weighted by Gasteiger charge is -2.30. The summed E-state index contributed by atoms with van der Waals surface area (Å²) in [6.45, 7) is 5.12. The first-order valence-corrected chi connectivity index (χ1v) is 11.7. The summed E-state index contributed by atoms with van der Waals surface area (Å²) in [5, 5.41) is 0. The van der Waals surface area contributed by atoms with Crippen LogP contribution in [0.2, 0.25) is 0 Å². The Labute approximate surface area is 156 Å². The molecule has 1 unspecified atom stereocenters. The summed E-state index contributed by atoms with van der Waals surface area (Å²) in [7, 11) is -2.99. The zero-order valence-electron chi connectivity index (χ0n) is 16.8. The molecule has 6 heteroatoms. The summed E-state index contributed by atoms with van der Waals surface area (Å²) in [6.07, 6.45) is 18.0. The number of rotatable bonds is 18. The molecule has 0 saturated carbocycles. The van der Waals surface area contributed by atoms with E-state index in [1.807, 2.05) is 6.92 Å². The van der Waals surface area contributed by atoms with E-state index in [9.17, 15) is 13.0 Å². The lowest BCUT2D eigenvalue weighted by atomic mass is 10.0. The maximum absolute atomic E-state index is 10.8. The first-order valence-electron chi connectivity index (χ1n) is 10.3. The fraction of sp³-hybridized carbons (Fsp3) is 1.00. The van der Waals surface area contributed by atoms with E-state index in [1.165, 1.54) is 77.0 Å². The molecule has 0 aliphatic heterocycles. The first kappa shape index (κ1) is 24.8. The topological polar surface area (TPSA) is 66.4 Å². The minimum Gasteiger partial charge on any atom is -0.722 e. The molecular weight excluding hydrogens is 338 g/mol. The van der Waals surface area contributed by atoms with E-state index in [0.717, 1.165) is 12.8 Å². The second kappa shape index (κ2) is 14.9. The van der Waals surface area contributed by atoms with Crippen molar-refractivity contribution in [3.05, 3.63) is 0 Å². The van der Waals surface area contributed by atoms with Crippen molar-refractivity contribution in [2.24, 2.45) is 0 Å². The Morgan fingerprint density at radius 3 is 1.40 bits per heavy atom. The third-order valence-corrected chi connectivity index (χ3v) is 5.47. The van der Waals surface area contributed by atoms with Gasteiger partial charge in [0, 0.05) is 0 Å². The summed E-state index contributed by atoms with van der Waals surface area (Å²) in [4.78, 5) is 0. The van der Waals surface area contributed by atoms with E-state index in [4.69, 9.17) is 0 Å².